The number of anilines is 1. The molecule has 174 valence electrons. The molecule has 0 spiro atoms. The predicted molar refractivity (Wildman–Crippen MR) is 124 cm³/mol. The van der Waals surface area contributed by atoms with Crippen molar-refractivity contribution in [1.29, 1.82) is 5.26 Å². The van der Waals surface area contributed by atoms with Crippen LogP contribution in [-0.2, 0) is 9.53 Å². The number of rotatable bonds is 5. The molecule has 0 bridgehead atoms. The van der Waals surface area contributed by atoms with Gasteiger partial charge in [0.2, 0.25) is 11.8 Å². The Labute approximate surface area is 197 Å². The van der Waals surface area contributed by atoms with Crippen molar-refractivity contribution >= 4 is 22.8 Å². The summed E-state index contributed by atoms with van der Waals surface area (Å²) in [5.74, 6) is 1.19. The SMILES string of the molecule is COc1ncc(-c2ccc3ncnc(N[C@H]4CCN(C(=O)C5CCOCC5)C4)c3n2)cc1C#N. The van der Waals surface area contributed by atoms with Crippen LogP contribution >= 0.6 is 0 Å². The molecule has 34 heavy (non-hydrogen) atoms. The molecule has 10 nitrogen and oxygen atoms in total. The molecular weight excluding hydrogens is 434 g/mol. The van der Waals surface area contributed by atoms with Crippen LogP contribution in [0.15, 0.2) is 30.7 Å². The third-order valence-corrected chi connectivity index (χ3v) is 6.35. The topological polar surface area (TPSA) is 126 Å². The number of fused-ring (bicyclic) bond motifs is 1. The number of carbonyl (C=O) groups excluding carboxylic acids is 1. The Kier molecular flexibility index (Phi) is 6.18. The average Bonchev–Trinajstić information content (AvgIpc) is 3.36. The zero-order valence-electron chi connectivity index (χ0n) is 18.9. The fourth-order valence-corrected chi connectivity index (χ4v) is 4.52. The molecule has 2 aliphatic rings. The molecular formula is C24H25N7O3. The molecule has 1 amide bonds. The Bertz CT molecular complexity index is 1250. The molecule has 0 unspecified atom stereocenters. The lowest BCUT2D eigenvalue weighted by Crippen LogP contribution is -2.38. The van der Waals surface area contributed by atoms with Gasteiger partial charge in [0, 0.05) is 50.0 Å². The number of hydrogen-bond acceptors (Lipinski definition) is 9. The summed E-state index contributed by atoms with van der Waals surface area (Å²) in [6.45, 7) is 2.68. The Morgan fingerprint density at radius 3 is 2.88 bits per heavy atom. The first-order valence-corrected chi connectivity index (χ1v) is 11.4. The number of hydrogen-bond donors (Lipinski definition) is 1. The van der Waals surface area contributed by atoms with E-state index >= 15 is 0 Å². The Hall–Kier alpha value is -3.84. The normalized spacial score (nSPS) is 18.6. The largest absolute Gasteiger partial charge is 0.480 e. The summed E-state index contributed by atoms with van der Waals surface area (Å²) in [6.07, 6.45) is 5.57. The van der Waals surface area contributed by atoms with E-state index in [0.717, 1.165) is 25.8 Å². The summed E-state index contributed by atoms with van der Waals surface area (Å²) in [7, 11) is 1.48. The van der Waals surface area contributed by atoms with Crippen LogP contribution in [0.1, 0.15) is 24.8 Å². The zero-order chi connectivity index (χ0) is 23.5. The van der Waals surface area contributed by atoms with Gasteiger partial charge in [0.1, 0.15) is 23.5 Å². The van der Waals surface area contributed by atoms with E-state index < -0.39 is 0 Å². The fourth-order valence-electron chi connectivity index (χ4n) is 4.52. The van der Waals surface area contributed by atoms with Crippen LogP contribution in [0.4, 0.5) is 5.82 Å². The molecule has 3 aromatic heterocycles. The van der Waals surface area contributed by atoms with E-state index in [1.165, 1.54) is 13.4 Å². The van der Waals surface area contributed by atoms with E-state index in [4.69, 9.17) is 14.5 Å². The quantitative estimate of drug-likeness (QED) is 0.612. The minimum Gasteiger partial charge on any atom is -0.480 e. The van der Waals surface area contributed by atoms with Crippen molar-refractivity contribution in [3.05, 3.63) is 36.3 Å². The lowest BCUT2D eigenvalue weighted by molar-refractivity contribution is -0.137. The average molecular weight is 460 g/mol. The smallest absolute Gasteiger partial charge is 0.231 e. The third kappa shape index (κ3) is 4.34. The second kappa shape index (κ2) is 9.57. The summed E-state index contributed by atoms with van der Waals surface area (Å²) in [6, 6.07) is 7.60. The lowest BCUT2D eigenvalue weighted by Gasteiger charge is -2.26. The van der Waals surface area contributed by atoms with E-state index in [0.29, 0.717) is 53.4 Å². The molecule has 0 saturated carbocycles. The highest BCUT2D eigenvalue weighted by Crippen LogP contribution is 2.27. The molecule has 1 atom stereocenters. The van der Waals surface area contributed by atoms with Gasteiger partial charge in [-0.05, 0) is 37.5 Å². The molecule has 2 aliphatic heterocycles. The van der Waals surface area contributed by atoms with Gasteiger partial charge in [-0.25, -0.2) is 19.9 Å². The minimum atomic E-state index is 0.0630. The molecule has 2 fully saturated rings. The number of carbonyl (C=O) groups is 1. The van der Waals surface area contributed by atoms with Crippen molar-refractivity contribution in [2.24, 2.45) is 5.92 Å². The van der Waals surface area contributed by atoms with Crippen LogP contribution in [0.2, 0.25) is 0 Å². The van der Waals surface area contributed by atoms with Crippen molar-refractivity contribution in [2.75, 3.05) is 38.7 Å². The molecule has 0 aromatic carbocycles. The summed E-state index contributed by atoms with van der Waals surface area (Å²) < 4.78 is 10.5. The Morgan fingerprint density at radius 1 is 1.24 bits per heavy atom. The molecule has 5 rings (SSSR count). The van der Waals surface area contributed by atoms with Gasteiger partial charge in [0.05, 0.1) is 18.3 Å². The minimum absolute atomic E-state index is 0.0630. The zero-order valence-corrected chi connectivity index (χ0v) is 18.9. The number of pyridine rings is 2. The molecule has 0 aliphatic carbocycles. The first kappa shape index (κ1) is 22.0. The van der Waals surface area contributed by atoms with Crippen molar-refractivity contribution in [1.82, 2.24) is 24.8 Å². The highest BCUT2D eigenvalue weighted by Gasteiger charge is 2.32. The first-order valence-electron chi connectivity index (χ1n) is 11.4. The second-order valence-electron chi connectivity index (χ2n) is 8.48. The van der Waals surface area contributed by atoms with Gasteiger partial charge >= 0.3 is 0 Å². The van der Waals surface area contributed by atoms with E-state index in [2.05, 4.69) is 26.3 Å². The third-order valence-electron chi connectivity index (χ3n) is 6.35. The van der Waals surface area contributed by atoms with Gasteiger partial charge in [-0.1, -0.05) is 0 Å². The number of methoxy groups -OCH3 is 1. The van der Waals surface area contributed by atoms with Crippen LogP contribution in [0, 0.1) is 17.2 Å². The molecule has 0 radical (unpaired) electrons. The van der Waals surface area contributed by atoms with Crippen LogP contribution in [0.5, 0.6) is 5.88 Å². The molecule has 3 aromatic rings. The van der Waals surface area contributed by atoms with Gasteiger partial charge < -0.3 is 19.7 Å². The highest BCUT2D eigenvalue weighted by molar-refractivity contribution is 5.87. The summed E-state index contributed by atoms with van der Waals surface area (Å²) >= 11 is 0. The summed E-state index contributed by atoms with van der Waals surface area (Å²) in [5, 5.41) is 12.9. The number of amides is 1. The maximum Gasteiger partial charge on any atom is 0.231 e. The predicted octanol–water partition coefficient (Wildman–Crippen LogP) is 2.41. The number of aromatic nitrogens is 4. The van der Waals surface area contributed by atoms with Crippen LogP contribution in [0.3, 0.4) is 0 Å². The Morgan fingerprint density at radius 2 is 2.09 bits per heavy atom. The second-order valence-corrected chi connectivity index (χ2v) is 8.48. The van der Waals surface area contributed by atoms with Crippen LogP contribution in [-0.4, -0.2) is 70.2 Å². The van der Waals surface area contributed by atoms with E-state index in [9.17, 15) is 10.1 Å². The van der Waals surface area contributed by atoms with E-state index in [1.54, 1.807) is 12.3 Å². The lowest BCUT2D eigenvalue weighted by atomic mass is 9.99. The highest BCUT2D eigenvalue weighted by atomic mass is 16.5. The summed E-state index contributed by atoms with van der Waals surface area (Å²) in [5.41, 5.74) is 3.02. The standard InChI is InChI=1S/C24H25N7O3/c1-33-23-16(11-25)10-17(12-26-23)19-2-3-20-21(30-19)22(28-14-27-20)29-18-4-7-31(13-18)24(32)15-5-8-34-9-6-15/h2-3,10,12,14-15,18H,4-9,13H2,1H3,(H,27,28,29)/t18-/m0/s1. The maximum absolute atomic E-state index is 12.9. The molecule has 2 saturated heterocycles. The van der Waals surface area contributed by atoms with Gasteiger partial charge in [-0.2, -0.15) is 5.26 Å². The van der Waals surface area contributed by atoms with Crippen molar-refractivity contribution in [2.45, 2.75) is 25.3 Å². The van der Waals surface area contributed by atoms with Gasteiger partial charge in [-0.15, -0.1) is 0 Å². The number of likely N-dealkylation sites (tertiary alicyclic amines) is 1. The number of nitrogens with zero attached hydrogens (tertiary/aromatic N) is 6. The maximum atomic E-state index is 12.9. The van der Waals surface area contributed by atoms with Gasteiger partial charge in [0.25, 0.3) is 0 Å². The van der Waals surface area contributed by atoms with E-state index in [-0.39, 0.29) is 23.7 Å². The number of nitriles is 1. The van der Waals surface area contributed by atoms with Crippen molar-refractivity contribution < 1.29 is 14.3 Å². The monoisotopic (exact) mass is 459 g/mol. The molecule has 1 N–H and O–H groups in total. The van der Waals surface area contributed by atoms with Gasteiger partial charge in [-0.3, -0.25) is 4.79 Å². The van der Waals surface area contributed by atoms with Crippen molar-refractivity contribution in [3.63, 3.8) is 0 Å². The summed E-state index contributed by atoms with van der Waals surface area (Å²) in [4.78, 5) is 32.6. The molecule has 10 heteroatoms. The first-order chi connectivity index (χ1) is 16.7. The van der Waals surface area contributed by atoms with Crippen LogP contribution in [0.25, 0.3) is 22.3 Å². The number of nitrogens with one attached hydrogen (secondary N) is 1. The van der Waals surface area contributed by atoms with E-state index in [1.807, 2.05) is 17.0 Å². The number of ether oxygens (including phenoxy) is 2. The molecule has 5 heterocycles. The Balaban J connectivity index is 1.36. The van der Waals surface area contributed by atoms with Crippen molar-refractivity contribution in [3.8, 4) is 23.2 Å². The van der Waals surface area contributed by atoms with Gasteiger partial charge in [0.15, 0.2) is 5.82 Å². The van der Waals surface area contributed by atoms with Crippen LogP contribution < -0.4 is 10.1 Å². The fraction of sp³-hybridized carbons (Fsp3) is 0.417.